The Morgan fingerprint density at radius 1 is 1.04 bits per heavy atom. The number of hydrogen-bond acceptors (Lipinski definition) is 3. The number of sulfonamides is 1. The van der Waals surface area contributed by atoms with Crippen molar-refractivity contribution in [2.24, 2.45) is 5.14 Å². The number of halogens is 3. The molecule has 2 N–H and O–H groups in total. The molecule has 0 spiro atoms. The number of benzene rings is 2. The minimum atomic E-state index is -4.37. The van der Waals surface area contributed by atoms with Crippen LogP contribution in [0.15, 0.2) is 53.6 Å². The first-order chi connectivity index (χ1) is 12.2. The van der Waals surface area contributed by atoms with E-state index in [0.29, 0.717) is 27.9 Å². The zero-order valence-corrected chi connectivity index (χ0v) is 15.1. The standard InChI is InChI=1S/C18H13ClF2N2O2S/c1-10-7-11(4-5-14(10)19)18-12(3-2-6-23-18)13-8-16(21)17(9-15(13)20)26(22,24)25/h2-9H,1H3,(H2,22,24,25). The summed E-state index contributed by atoms with van der Waals surface area (Å²) >= 11 is 6.03. The lowest BCUT2D eigenvalue weighted by molar-refractivity contribution is 0.555. The summed E-state index contributed by atoms with van der Waals surface area (Å²) in [5.74, 6) is -2.05. The molecule has 2 aromatic carbocycles. The van der Waals surface area contributed by atoms with Crippen molar-refractivity contribution >= 4 is 21.6 Å². The second kappa shape index (κ2) is 6.75. The third-order valence-corrected chi connectivity index (χ3v) is 5.21. The molecule has 0 unspecified atom stereocenters. The highest BCUT2D eigenvalue weighted by atomic mass is 35.5. The van der Waals surface area contributed by atoms with Gasteiger partial charge in [0.1, 0.15) is 16.5 Å². The largest absolute Gasteiger partial charge is 0.256 e. The highest BCUT2D eigenvalue weighted by molar-refractivity contribution is 7.89. The molecule has 0 radical (unpaired) electrons. The first-order valence-electron chi connectivity index (χ1n) is 7.42. The Morgan fingerprint density at radius 2 is 1.77 bits per heavy atom. The van der Waals surface area contributed by atoms with Crippen LogP contribution in [0.5, 0.6) is 0 Å². The molecule has 0 fully saturated rings. The zero-order valence-electron chi connectivity index (χ0n) is 13.5. The quantitative estimate of drug-likeness (QED) is 0.719. The molecule has 0 saturated carbocycles. The van der Waals surface area contributed by atoms with Gasteiger partial charge in [-0.25, -0.2) is 22.3 Å². The van der Waals surface area contributed by atoms with E-state index in [-0.39, 0.29) is 5.56 Å². The van der Waals surface area contributed by atoms with Crippen molar-refractivity contribution in [2.75, 3.05) is 0 Å². The Hall–Kier alpha value is -2.35. The Kier molecular flexibility index (Phi) is 4.79. The molecule has 1 heterocycles. The van der Waals surface area contributed by atoms with Gasteiger partial charge in [0, 0.05) is 27.9 Å². The average molecular weight is 395 g/mol. The van der Waals surface area contributed by atoms with Gasteiger partial charge in [-0.2, -0.15) is 0 Å². The normalized spacial score (nSPS) is 11.6. The van der Waals surface area contributed by atoms with Gasteiger partial charge in [0.15, 0.2) is 0 Å². The van der Waals surface area contributed by atoms with Gasteiger partial charge in [0.05, 0.1) is 5.69 Å². The smallest absolute Gasteiger partial charge is 0.241 e. The van der Waals surface area contributed by atoms with Gasteiger partial charge in [-0.1, -0.05) is 23.7 Å². The van der Waals surface area contributed by atoms with Crippen molar-refractivity contribution in [1.29, 1.82) is 0 Å². The van der Waals surface area contributed by atoms with E-state index in [1.54, 1.807) is 30.3 Å². The highest BCUT2D eigenvalue weighted by Gasteiger charge is 2.21. The first kappa shape index (κ1) is 18.4. The number of aryl methyl sites for hydroxylation is 1. The van der Waals surface area contributed by atoms with E-state index in [4.69, 9.17) is 16.7 Å². The van der Waals surface area contributed by atoms with Crippen molar-refractivity contribution in [3.05, 3.63) is 70.9 Å². The number of hydrogen-bond donors (Lipinski definition) is 1. The molecular weight excluding hydrogens is 382 g/mol. The van der Waals surface area contributed by atoms with Crippen LogP contribution in [0.4, 0.5) is 8.78 Å². The Labute approximate surface area is 154 Å². The molecule has 134 valence electrons. The van der Waals surface area contributed by atoms with Crippen molar-refractivity contribution in [3.8, 4) is 22.4 Å². The van der Waals surface area contributed by atoms with Gasteiger partial charge >= 0.3 is 0 Å². The fraction of sp³-hybridized carbons (Fsp3) is 0.0556. The maximum atomic E-state index is 14.5. The SMILES string of the molecule is Cc1cc(-c2ncccc2-c2cc(F)c(S(N)(=O)=O)cc2F)ccc1Cl. The lowest BCUT2D eigenvalue weighted by Crippen LogP contribution is -2.14. The zero-order chi connectivity index (χ0) is 19.1. The second-order valence-corrected chi connectivity index (χ2v) is 7.61. The summed E-state index contributed by atoms with van der Waals surface area (Å²) in [5, 5.41) is 5.48. The maximum absolute atomic E-state index is 14.5. The number of pyridine rings is 1. The van der Waals surface area contributed by atoms with Crippen molar-refractivity contribution in [3.63, 3.8) is 0 Å². The molecule has 4 nitrogen and oxygen atoms in total. The molecule has 26 heavy (non-hydrogen) atoms. The average Bonchev–Trinajstić information content (AvgIpc) is 2.58. The van der Waals surface area contributed by atoms with Crippen LogP contribution in [0.25, 0.3) is 22.4 Å². The molecule has 1 aromatic heterocycles. The minimum Gasteiger partial charge on any atom is -0.256 e. The van der Waals surface area contributed by atoms with Crippen LogP contribution in [0.2, 0.25) is 5.02 Å². The molecule has 0 bridgehead atoms. The van der Waals surface area contributed by atoms with Crippen LogP contribution in [-0.4, -0.2) is 13.4 Å². The summed E-state index contributed by atoms with van der Waals surface area (Å²) in [5.41, 5.74) is 2.07. The molecule has 0 aliphatic carbocycles. The van der Waals surface area contributed by atoms with Crippen molar-refractivity contribution in [2.45, 2.75) is 11.8 Å². The summed E-state index contributed by atoms with van der Waals surface area (Å²) in [6.07, 6.45) is 1.52. The highest BCUT2D eigenvalue weighted by Crippen LogP contribution is 2.34. The molecular formula is C18H13ClF2N2O2S. The van der Waals surface area contributed by atoms with Gasteiger partial charge in [0.2, 0.25) is 10.0 Å². The Balaban J connectivity index is 2.23. The van der Waals surface area contributed by atoms with Crippen LogP contribution in [0, 0.1) is 18.6 Å². The molecule has 0 aliphatic rings. The number of aromatic nitrogens is 1. The maximum Gasteiger partial charge on any atom is 0.241 e. The third kappa shape index (κ3) is 3.46. The van der Waals surface area contributed by atoms with E-state index in [0.717, 1.165) is 11.6 Å². The van der Waals surface area contributed by atoms with E-state index in [9.17, 15) is 17.2 Å². The van der Waals surface area contributed by atoms with Crippen LogP contribution >= 0.6 is 11.6 Å². The molecule has 0 amide bonds. The summed E-state index contributed by atoms with van der Waals surface area (Å²) < 4.78 is 51.5. The molecule has 3 aromatic rings. The fourth-order valence-electron chi connectivity index (χ4n) is 2.60. The van der Waals surface area contributed by atoms with Gasteiger partial charge in [-0.3, -0.25) is 4.98 Å². The molecule has 0 saturated heterocycles. The van der Waals surface area contributed by atoms with Crippen LogP contribution < -0.4 is 5.14 Å². The predicted molar refractivity (Wildman–Crippen MR) is 96.1 cm³/mol. The van der Waals surface area contributed by atoms with Gasteiger partial charge in [0.25, 0.3) is 0 Å². The summed E-state index contributed by atoms with van der Waals surface area (Å²) in [6, 6.07) is 9.70. The van der Waals surface area contributed by atoms with E-state index < -0.39 is 26.6 Å². The van der Waals surface area contributed by atoms with Gasteiger partial charge in [-0.15, -0.1) is 0 Å². The minimum absolute atomic E-state index is 0.120. The summed E-state index contributed by atoms with van der Waals surface area (Å²) in [7, 11) is -4.37. The van der Waals surface area contributed by atoms with Gasteiger partial charge in [-0.05, 0) is 42.8 Å². The lowest BCUT2D eigenvalue weighted by Gasteiger charge is -2.12. The number of nitrogens with two attached hydrogens (primary N) is 1. The van der Waals surface area contributed by atoms with Crippen LogP contribution in [-0.2, 0) is 10.0 Å². The number of primary sulfonamides is 1. The Bertz CT molecular complexity index is 1120. The topological polar surface area (TPSA) is 73.0 Å². The number of rotatable bonds is 3. The van der Waals surface area contributed by atoms with Crippen LogP contribution in [0.3, 0.4) is 0 Å². The lowest BCUT2D eigenvalue weighted by atomic mass is 9.98. The Morgan fingerprint density at radius 3 is 2.42 bits per heavy atom. The molecule has 3 rings (SSSR count). The van der Waals surface area contributed by atoms with Crippen molar-refractivity contribution < 1.29 is 17.2 Å². The monoisotopic (exact) mass is 394 g/mol. The van der Waals surface area contributed by atoms with Crippen molar-refractivity contribution in [1.82, 2.24) is 4.98 Å². The molecule has 0 atom stereocenters. The fourth-order valence-corrected chi connectivity index (χ4v) is 3.31. The summed E-state index contributed by atoms with van der Waals surface area (Å²) in [6.45, 7) is 1.82. The van der Waals surface area contributed by atoms with E-state index in [1.165, 1.54) is 6.20 Å². The number of nitrogens with zero attached hydrogens (tertiary/aromatic N) is 1. The molecule has 8 heteroatoms. The second-order valence-electron chi connectivity index (χ2n) is 5.67. The summed E-state index contributed by atoms with van der Waals surface area (Å²) in [4.78, 5) is 3.37. The third-order valence-electron chi connectivity index (χ3n) is 3.86. The van der Waals surface area contributed by atoms with E-state index in [1.807, 2.05) is 6.92 Å². The van der Waals surface area contributed by atoms with Gasteiger partial charge < -0.3 is 0 Å². The van der Waals surface area contributed by atoms with Crippen LogP contribution in [0.1, 0.15) is 5.56 Å². The van der Waals surface area contributed by atoms with E-state index in [2.05, 4.69) is 4.98 Å². The van der Waals surface area contributed by atoms with E-state index >= 15 is 0 Å². The molecule has 0 aliphatic heterocycles. The predicted octanol–water partition coefficient (Wildman–Crippen LogP) is 4.30. The first-order valence-corrected chi connectivity index (χ1v) is 9.34.